The van der Waals surface area contributed by atoms with Crippen LogP contribution in [0.2, 0.25) is 0 Å². The van der Waals surface area contributed by atoms with E-state index in [1.807, 2.05) is 0 Å². The molecule has 0 atom stereocenters. The fraction of sp³-hybridized carbons (Fsp3) is 0. The summed E-state index contributed by atoms with van der Waals surface area (Å²) < 4.78 is 0.829. The SMILES string of the molecule is Nc1nc(-c2ccc(O)cc2)ncc1I. The van der Waals surface area contributed by atoms with Crippen molar-refractivity contribution < 1.29 is 5.11 Å². The number of nitrogens with two attached hydrogens (primary N) is 1. The maximum atomic E-state index is 9.14. The summed E-state index contributed by atoms with van der Waals surface area (Å²) in [5, 5.41) is 9.14. The van der Waals surface area contributed by atoms with Gasteiger partial charge in [-0.3, -0.25) is 0 Å². The Labute approximate surface area is 100 Å². The molecular weight excluding hydrogens is 305 g/mol. The number of aromatic nitrogens is 2. The minimum absolute atomic E-state index is 0.220. The highest BCUT2D eigenvalue weighted by molar-refractivity contribution is 14.1. The standard InChI is InChI=1S/C10H8IN3O/c11-8-5-13-10(14-9(8)12)6-1-3-7(15)4-2-6/h1-5,15H,(H2,12,13,14). The first-order valence-electron chi connectivity index (χ1n) is 4.24. The van der Waals surface area contributed by atoms with Gasteiger partial charge >= 0.3 is 0 Å². The van der Waals surface area contributed by atoms with Gasteiger partial charge in [-0.1, -0.05) is 0 Å². The lowest BCUT2D eigenvalue weighted by Crippen LogP contribution is -1.98. The fourth-order valence-electron chi connectivity index (χ4n) is 1.13. The number of phenolic OH excluding ortho intramolecular Hbond substituents is 1. The number of halogens is 1. The predicted octanol–water partition coefficient (Wildman–Crippen LogP) is 2.04. The van der Waals surface area contributed by atoms with Crippen molar-refractivity contribution in [1.82, 2.24) is 9.97 Å². The zero-order chi connectivity index (χ0) is 10.8. The molecule has 0 amide bonds. The summed E-state index contributed by atoms with van der Waals surface area (Å²) >= 11 is 2.08. The van der Waals surface area contributed by atoms with Gasteiger partial charge in [0.05, 0.1) is 3.57 Å². The molecule has 2 rings (SSSR count). The Morgan fingerprint density at radius 2 is 1.87 bits per heavy atom. The molecule has 76 valence electrons. The zero-order valence-electron chi connectivity index (χ0n) is 7.68. The van der Waals surface area contributed by atoms with E-state index in [1.54, 1.807) is 30.5 Å². The van der Waals surface area contributed by atoms with Crippen molar-refractivity contribution in [3.63, 3.8) is 0 Å². The van der Waals surface area contributed by atoms with Gasteiger partial charge in [0.1, 0.15) is 11.6 Å². The van der Waals surface area contributed by atoms with Gasteiger partial charge in [0, 0.05) is 11.8 Å². The van der Waals surface area contributed by atoms with E-state index in [1.165, 1.54) is 0 Å². The van der Waals surface area contributed by atoms with Crippen LogP contribution in [0.25, 0.3) is 11.4 Å². The molecule has 0 spiro atoms. The van der Waals surface area contributed by atoms with Crippen molar-refractivity contribution in [3.05, 3.63) is 34.0 Å². The summed E-state index contributed by atoms with van der Waals surface area (Å²) in [5.74, 6) is 1.25. The molecular formula is C10H8IN3O. The largest absolute Gasteiger partial charge is 0.508 e. The summed E-state index contributed by atoms with van der Waals surface area (Å²) in [6, 6.07) is 6.67. The van der Waals surface area contributed by atoms with Crippen LogP contribution in [0.3, 0.4) is 0 Å². The van der Waals surface area contributed by atoms with E-state index in [4.69, 9.17) is 10.8 Å². The molecule has 0 radical (unpaired) electrons. The maximum absolute atomic E-state index is 9.14. The first-order valence-corrected chi connectivity index (χ1v) is 5.32. The summed E-state index contributed by atoms with van der Waals surface area (Å²) in [4.78, 5) is 8.31. The lowest BCUT2D eigenvalue weighted by Gasteiger charge is -2.02. The number of hydrogen-bond acceptors (Lipinski definition) is 4. The van der Waals surface area contributed by atoms with Crippen LogP contribution in [0.1, 0.15) is 0 Å². The van der Waals surface area contributed by atoms with Gasteiger partial charge in [0.25, 0.3) is 0 Å². The topological polar surface area (TPSA) is 72.0 Å². The van der Waals surface area contributed by atoms with E-state index in [9.17, 15) is 0 Å². The summed E-state index contributed by atoms with van der Waals surface area (Å²) in [5.41, 5.74) is 6.51. The molecule has 0 aliphatic carbocycles. The Hall–Kier alpha value is -1.37. The fourth-order valence-corrected chi connectivity index (χ4v) is 1.39. The zero-order valence-corrected chi connectivity index (χ0v) is 9.84. The Morgan fingerprint density at radius 3 is 2.47 bits per heavy atom. The Kier molecular flexibility index (Phi) is 2.72. The molecule has 1 heterocycles. The average molecular weight is 313 g/mol. The number of rotatable bonds is 1. The molecule has 2 aromatic rings. The lowest BCUT2D eigenvalue weighted by molar-refractivity contribution is 0.475. The maximum Gasteiger partial charge on any atom is 0.161 e. The Morgan fingerprint density at radius 1 is 1.20 bits per heavy atom. The van der Waals surface area contributed by atoms with Crippen molar-refractivity contribution in [2.45, 2.75) is 0 Å². The van der Waals surface area contributed by atoms with E-state index >= 15 is 0 Å². The number of nitrogens with zero attached hydrogens (tertiary/aromatic N) is 2. The smallest absolute Gasteiger partial charge is 0.161 e. The second-order valence-electron chi connectivity index (χ2n) is 2.97. The van der Waals surface area contributed by atoms with Crippen LogP contribution in [0.15, 0.2) is 30.5 Å². The molecule has 0 unspecified atom stereocenters. The monoisotopic (exact) mass is 313 g/mol. The molecule has 1 aromatic heterocycles. The van der Waals surface area contributed by atoms with Crippen LogP contribution in [0, 0.1) is 3.57 Å². The number of benzene rings is 1. The molecule has 1 aromatic carbocycles. The highest BCUT2D eigenvalue weighted by Gasteiger charge is 2.03. The molecule has 5 heteroatoms. The van der Waals surface area contributed by atoms with Crippen LogP contribution < -0.4 is 5.73 Å². The van der Waals surface area contributed by atoms with Crippen molar-refractivity contribution in [3.8, 4) is 17.1 Å². The van der Waals surface area contributed by atoms with Crippen LogP contribution in [0.5, 0.6) is 5.75 Å². The first kappa shape index (κ1) is 10.2. The second-order valence-corrected chi connectivity index (χ2v) is 4.14. The number of phenols is 1. The molecule has 0 saturated carbocycles. The van der Waals surface area contributed by atoms with Crippen molar-refractivity contribution in [1.29, 1.82) is 0 Å². The third-order valence-electron chi connectivity index (χ3n) is 1.90. The Balaban J connectivity index is 2.45. The highest BCUT2D eigenvalue weighted by Crippen LogP contribution is 2.20. The molecule has 3 N–H and O–H groups in total. The van der Waals surface area contributed by atoms with Gasteiger partial charge in [0.15, 0.2) is 5.82 Å². The molecule has 15 heavy (non-hydrogen) atoms. The van der Waals surface area contributed by atoms with Gasteiger partial charge < -0.3 is 10.8 Å². The first-order chi connectivity index (χ1) is 7.16. The lowest BCUT2D eigenvalue weighted by atomic mass is 10.2. The van der Waals surface area contributed by atoms with Gasteiger partial charge in [-0.25, -0.2) is 9.97 Å². The third-order valence-corrected chi connectivity index (χ3v) is 2.73. The van der Waals surface area contributed by atoms with Crippen molar-refractivity contribution in [2.75, 3.05) is 5.73 Å². The van der Waals surface area contributed by atoms with Gasteiger partial charge in [-0.2, -0.15) is 0 Å². The van der Waals surface area contributed by atoms with Gasteiger partial charge in [-0.15, -0.1) is 0 Å². The number of nitrogen functional groups attached to an aromatic ring is 1. The van der Waals surface area contributed by atoms with E-state index < -0.39 is 0 Å². The van der Waals surface area contributed by atoms with Crippen LogP contribution in [-0.2, 0) is 0 Å². The Bertz CT molecular complexity index is 485. The normalized spacial score (nSPS) is 10.2. The molecule has 0 aliphatic heterocycles. The highest BCUT2D eigenvalue weighted by atomic mass is 127. The minimum Gasteiger partial charge on any atom is -0.508 e. The molecule has 4 nitrogen and oxygen atoms in total. The van der Waals surface area contributed by atoms with E-state index in [0.717, 1.165) is 9.13 Å². The number of anilines is 1. The minimum atomic E-state index is 0.220. The second kappa shape index (κ2) is 4.01. The van der Waals surface area contributed by atoms with Gasteiger partial charge in [-0.05, 0) is 46.9 Å². The average Bonchev–Trinajstić information content (AvgIpc) is 2.23. The molecule has 0 aliphatic rings. The molecule has 0 fully saturated rings. The van der Waals surface area contributed by atoms with Crippen LogP contribution in [-0.4, -0.2) is 15.1 Å². The summed E-state index contributed by atoms with van der Waals surface area (Å²) in [6.45, 7) is 0. The van der Waals surface area contributed by atoms with Crippen molar-refractivity contribution >= 4 is 28.4 Å². The molecule has 0 bridgehead atoms. The van der Waals surface area contributed by atoms with Crippen molar-refractivity contribution in [2.24, 2.45) is 0 Å². The number of hydrogen-bond donors (Lipinski definition) is 2. The van der Waals surface area contributed by atoms with E-state index in [2.05, 4.69) is 32.6 Å². The van der Waals surface area contributed by atoms with Gasteiger partial charge in [0.2, 0.25) is 0 Å². The third kappa shape index (κ3) is 2.17. The van der Waals surface area contributed by atoms with Crippen LogP contribution >= 0.6 is 22.6 Å². The summed E-state index contributed by atoms with van der Waals surface area (Å²) in [6.07, 6.45) is 1.67. The van der Waals surface area contributed by atoms with Crippen LogP contribution in [0.4, 0.5) is 5.82 Å². The van der Waals surface area contributed by atoms with E-state index in [0.29, 0.717) is 11.6 Å². The summed E-state index contributed by atoms with van der Waals surface area (Å²) in [7, 11) is 0. The predicted molar refractivity (Wildman–Crippen MR) is 66.3 cm³/mol. The van der Waals surface area contributed by atoms with E-state index in [-0.39, 0.29) is 5.75 Å². The number of aromatic hydroxyl groups is 1. The molecule has 0 saturated heterocycles. The quantitative estimate of drug-likeness (QED) is 0.790.